The van der Waals surface area contributed by atoms with Gasteiger partial charge in [0.25, 0.3) is 5.91 Å². The van der Waals surface area contributed by atoms with Crippen LogP contribution in [0.4, 0.5) is 0 Å². The summed E-state index contributed by atoms with van der Waals surface area (Å²) in [6, 6.07) is 25.9. The van der Waals surface area contributed by atoms with Crippen LogP contribution in [0.2, 0.25) is 0 Å². The van der Waals surface area contributed by atoms with Crippen molar-refractivity contribution in [1.29, 1.82) is 0 Å². The van der Waals surface area contributed by atoms with E-state index in [1.807, 2.05) is 85.9 Å². The van der Waals surface area contributed by atoms with Crippen molar-refractivity contribution in [1.82, 2.24) is 15.1 Å². The van der Waals surface area contributed by atoms with Crippen LogP contribution in [0.1, 0.15) is 28.4 Å². The van der Waals surface area contributed by atoms with E-state index in [9.17, 15) is 9.59 Å². The van der Waals surface area contributed by atoms with Gasteiger partial charge >= 0.3 is 5.97 Å². The molecule has 4 rings (SSSR count). The third kappa shape index (κ3) is 5.36. The van der Waals surface area contributed by atoms with Crippen molar-refractivity contribution >= 4 is 11.9 Å². The Labute approximate surface area is 192 Å². The Kier molecular flexibility index (Phi) is 6.64. The van der Waals surface area contributed by atoms with Crippen LogP contribution in [0.25, 0.3) is 16.9 Å². The van der Waals surface area contributed by atoms with E-state index in [4.69, 9.17) is 9.84 Å². The molecular formula is C27H25N3O3. The summed E-state index contributed by atoms with van der Waals surface area (Å²) >= 11 is 0. The smallest absolute Gasteiger partial charge is 0.328 e. The maximum absolute atomic E-state index is 12.6. The summed E-state index contributed by atoms with van der Waals surface area (Å²) in [6.07, 6.45) is 1.86. The molecular weight excluding hydrogens is 414 g/mol. The van der Waals surface area contributed by atoms with E-state index < -0.39 is 12.0 Å². The average molecular weight is 440 g/mol. The molecule has 1 amide bonds. The van der Waals surface area contributed by atoms with Crippen LogP contribution in [0.15, 0.2) is 91.1 Å². The Morgan fingerprint density at radius 2 is 1.67 bits per heavy atom. The van der Waals surface area contributed by atoms with Gasteiger partial charge in [0.15, 0.2) is 0 Å². The fourth-order valence-corrected chi connectivity index (χ4v) is 3.47. The van der Waals surface area contributed by atoms with E-state index in [0.717, 1.165) is 28.1 Å². The molecule has 0 saturated carbocycles. The first-order valence-electron chi connectivity index (χ1n) is 10.7. The number of hydrogen-bond donors (Lipinski definition) is 1. The van der Waals surface area contributed by atoms with Gasteiger partial charge in [-0.15, -0.1) is 0 Å². The Morgan fingerprint density at radius 1 is 0.970 bits per heavy atom. The number of amides is 1. The van der Waals surface area contributed by atoms with E-state index >= 15 is 0 Å². The van der Waals surface area contributed by atoms with Crippen LogP contribution in [0.3, 0.4) is 0 Å². The van der Waals surface area contributed by atoms with Gasteiger partial charge in [-0.1, -0.05) is 66.2 Å². The summed E-state index contributed by atoms with van der Waals surface area (Å²) in [5, 5.41) is 7.43. The number of aromatic nitrogens is 2. The van der Waals surface area contributed by atoms with E-state index in [2.05, 4.69) is 5.32 Å². The van der Waals surface area contributed by atoms with Gasteiger partial charge in [-0.2, -0.15) is 5.10 Å². The van der Waals surface area contributed by atoms with Crippen LogP contribution in [-0.2, 0) is 16.1 Å². The summed E-state index contributed by atoms with van der Waals surface area (Å²) in [4.78, 5) is 25.1. The molecule has 1 N–H and O–H groups in total. The number of rotatable bonds is 7. The van der Waals surface area contributed by atoms with Gasteiger partial charge in [-0.05, 0) is 38.1 Å². The van der Waals surface area contributed by atoms with E-state index in [1.54, 1.807) is 23.7 Å². The van der Waals surface area contributed by atoms with E-state index in [1.165, 1.54) is 0 Å². The molecule has 0 aliphatic rings. The fraction of sp³-hybridized carbons (Fsp3) is 0.148. The zero-order chi connectivity index (χ0) is 23.2. The van der Waals surface area contributed by atoms with Gasteiger partial charge < -0.3 is 10.1 Å². The average Bonchev–Trinajstić information content (AvgIpc) is 3.28. The molecule has 0 radical (unpaired) electrons. The second-order valence-corrected chi connectivity index (χ2v) is 7.82. The number of carbonyl (C=O) groups excluding carboxylic acids is 2. The standard InChI is InChI=1S/C27H25N3O3/c1-19-10-9-13-22(16-19)26(31)28-20(2)27(32)33-18-23-17-30(24-14-7-4-8-15-24)29-25(23)21-11-5-3-6-12-21/h3-17,20H,18H2,1-2H3,(H,28,31)/t20-/m0/s1. The molecule has 0 aliphatic carbocycles. The first kappa shape index (κ1) is 22.0. The number of benzene rings is 3. The predicted octanol–water partition coefficient (Wildman–Crippen LogP) is 4.71. The molecule has 6 nitrogen and oxygen atoms in total. The molecule has 33 heavy (non-hydrogen) atoms. The number of nitrogens with zero attached hydrogens (tertiary/aromatic N) is 2. The molecule has 0 bridgehead atoms. The maximum Gasteiger partial charge on any atom is 0.328 e. The number of ether oxygens (including phenoxy) is 1. The largest absolute Gasteiger partial charge is 0.459 e. The lowest BCUT2D eigenvalue weighted by atomic mass is 10.1. The lowest BCUT2D eigenvalue weighted by Crippen LogP contribution is -2.39. The van der Waals surface area contributed by atoms with Crippen molar-refractivity contribution in [3.8, 4) is 16.9 Å². The summed E-state index contributed by atoms with van der Waals surface area (Å²) < 4.78 is 7.33. The first-order chi connectivity index (χ1) is 16.0. The quantitative estimate of drug-likeness (QED) is 0.423. The number of hydrogen-bond acceptors (Lipinski definition) is 4. The van der Waals surface area contributed by atoms with E-state index in [0.29, 0.717) is 5.56 Å². The van der Waals surface area contributed by atoms with Crippen molar-refractivity contribution in [2.45, 2.75) is 26.5 Å². The number of nitrogens with one attached hydrogen (secondary N) is 1. The minimum Gasteiger partial charge on any atom is -0.459 e. The highest BCUT2D eigenvalue weighted by molar-refractivity contribution is 5.96. The highest BCUT2D eigenvalue weighted by Gasteiger charge is 2.20. The molecule has 1 atom stereocenters. The SMILES string of the molecule is Cc1cccc(C(=O)N[C@@H](C)C(=O)OCc2cn(-c3ccccc3)nc2-c2ccccc2)c1. The lowest BCUT2D eigenvalue weighted by Gasteiger charge is -2.13. The van der Waals surface area contributed by atoms with Crippen molar-refractivity contribution in [2.24, 2.45) is 0 Å². The first-order valence-corrected chi connectivity index (χ1v) is 10.7. The summed E-state index contributed by atoms with van der Waals surface area (Å²) in [5.74, 6) is -0.826. The van der Waals surface area contributed by atoms with Gasteiger partial charge in [0.2, 0.25) is 0 Å². The van der Waals surface area contributed by atoms with Crippen LogP contribution >= 0.6 is 0 Å². The van der Waals surface area contributed by atoms with Crippen LogP contribution in [-0.4, -0.2) is 27.7 Å². The highest BCUT2D eigenvalue weighted by Crippen LogP contribution is 2.24. The van der Waals surface area contributed by atoms with Crippen LogP contribution in [0, 0.1) is 6.92 Å². The van der Waals surface area contributed by atoms with E-state index in [-0.39, 0.29) is 12.5 Å². The molecule has 0 spiro atoms. The lowest BCUT2D eigenvalue weighted by molar-refractivity contribution is -0.146. The Hall–Kier alpha value is -4.19. The molecule has 0 aliphatic heterocycles. The van der Waals surface area contributed by atoms with Gasteiger partial charge in [-0.3, -0.25) is 4.79 Å². The number of carbonyl (C=O) groups is 2. The van der Waals surface area contributed by atoms with Gasteiger partial charge in [0, 0.05) is 22.9 Å². The summed E-state index contributed by atoms with van der Waals surface area (Å²) in [5.41, 5.74) is 4.83. The molecule has 0 fully saturated rings. The minimum absolute atomic E-state index is 0.0422. The van der Waals surface area contributed by atoms with Crippen molar-refractivity contribution < 1.29 is 14.3 Å². The number of para-hydroxylation sites is 1. The number of aryl methyl sites for hydroxylation is 1. The number of esters is 1. The van der Waals surface area contributed by atoms with Gasteiger partial charge in [0.1, 0.15) is 12.6 Å². The molecule has 6 heteroatoms. The normalized spacial score (nSPS) is 11.6. The summed E-state index contributed by atoms with van der Waals surface area (Å²) in [7, 11) is 0. The van der Waals surface area contributed by atoms with Crippen molar-refractivity contribution in [3.63, 3.8) is 0 Å². The molecule has 3 aromatic carbocycles. The van der Waals surface area contributed by atoms with Crippen LogP contribution in [0.5, 0.6) is 0 Å². The third-order valence-corrected chi connectivity index (χ3v) is 5.21. The van der Waals surface area contributed by atoms with Gasteiger partial charge in [-0.25, -0.2) is 9.48 Å². The minimum atomic E-state index is -0.789. The molecule has 0 unspecified atom stereocenters. The molecule has 1 heterocycles. The maximum atomic E-state index is 12.6. The predicted molar refractivity (Wildman–Crippen MR) is 127 cm³/mol. The van der Waals surface area contributed by atoms with Crippen molar-refractivity contribution in [2.75, 3.05) is 0 Å². The fourth-order valence-electron chi connectivity index (χ4n) is 3.47. The zero-order valence-electron chi connectivity index (χ0n) is 18.6. The molecule has 4 aromatic rings. The van der Waals surface area contributed by atoms with Crippen molar-refractivity contribution in [3.05, 3.63) is 108 Å². The molecule has 0 saturated heterocycles. The monoisotopic (exact) mass is 439 g/mol. The van der Waals surface area contributed by atoms with Crippen LogP contribution < -0.4 is 5.32 Å². The molecule has 1 aromatic heterocycles. The zero-order valence-corrected chi connectivity index (χ0v) is 18.6. The molecule has 166 valence electrons. The highest BCUT2D eigenvalue weighted by atomic mass is 16.5. The Balaban J connectivity index is 1.48. The topological polar surface area (TPSA) is 73.2 Å². The third-order valence-electron chi connectivity index (χ3n) is 5.21. The van der Waals surface area contributed by atoms with Gasteiger partial charge in [0.05, 0.1) is 11.4 Å². The Morgan fingerprint density at radius 3 is 2.36 bits per heavy atom. The second kappa shape index (κ2) is 9.96. The second-order valence-electron chi connectivity index (χ2n) is 7.82. The Bertz CT molecular complexity index is 1250. The summed E-state index contributed by atoms with van der Waals surface area (Å²) in [6.45, 7) is 3.57.